The first-order chi connectivity index (χ1) is 9.08. The van der Waals surface area contributed by atoms with E-state index in [1.807, 2.05) is 18.5 Å². The minimum Gasteiger partial charge on any atom is -0.309 e. The van der Waals surface area contributed by atoms with E-state index in [2.05, 4.69) is 49.8 Å². The van der Waals surface area contributed by atoms with Gasteiger partial charge in [-0.1, -0.05) is 18.7 Å². The molecule has 0 aromatic carbocycles. The summed E-state index contributed by atoms with van der Waals surface area (Å²) in [6.07, 6.45) is 0.939. The van der Waals surface area contributed by atoms with E-state index >= 15 is 0 Å². The molecule has 5 nitrogen and oxygen atoms in total. The zero-order chi connectivity index (χ0) is 14.0. The van der Waals surface area contributed by atoms with Crippen LogP contribution in [0.3, 0.4) is 0 Å². The van der Waals surface area contributed by atoms with Gasteiger partial charge < -0.3 is 4.57 Å². The summed E-state index contributed by atoms with van der Waals surface area (Å²) in [5.41, 5.74) is 2.33. The van der Waals surface area contributed by atoms with Gasteiger partial charge in [0.15, 0.2) is 5.16 Å². The molecule has 0 radical (unpaired) electrons. The summed E-state index contributed by atoms with van der Waals surface area (Å²) in [6.45, 7) is 7.07. The predicted molar refractivity (Wildman–Crippen MR) is 80.3 cm³/mol. The van der Waals surface area contributed by atoms with Crippen LogP contribution in [0.15, 0.2) is 9.63 Å². The van der Waals surface area contributed by atoms with Crippen LogP contribution in [0.2, 0.25) is 0 Å². The first kappa shape index (κ1) is 14.6. The van der Waals surface area contributed by atoms with Gasteiger partial charge in [-0.3, -0.25) is 4.68 Å². The van der Waals surface area contributed by atoms with Gasteiger partial charge in [0.25, 0.3) is 0 Å². The molecular weight excluding hydrogens is 326 g/mol. The number of hydrogen-bond donors (Lipinski definition) is 0. The normalized spacial score (nSPS) is 11.2. The topological polar surface area (TPSA) is 48.5 Å². The summed E-state index contributed by atoms with van der Waals surface area (Å²) >= 11 is 5.35. The van der Waals surface area contributed by atoms with Crippen LogP contribution in [-0.4, -0.2) is 24.5 Å². The Bertz CT molecular complexity index is 575. The number of aryl methyl sites for hydroxylation is 3. The highest BCUT2D eigenvalue weighted by Gasteiger charge is 2.15. The van der Waals surface area contributed by atoms with Crippen molar-refractivity contribution in [1.29, 1.82) is 0 Å². The first-order valence-electron chi connectivity index (χ1n) is 6.31. The molecule has 0 aliphatic carbocycles. The Kier molecular flexibility index (Phi) is 4.67. The average Bonchev–Trinajstić information content (AvgIpc) is 2.89. The second kappa shape index (κ2) is 6.09. The zero-order valence-electron chi connectivity index (χ0n) is 11.6. The lowest BCUT2D eigenvalue weighted by atomic mass is 10.3. The van der Waals surface area contributed by atoms with Gasteiger partial charge in [0.2, 0.25) is 0 Å². The molecule has 0 saturated heterocycles. The average molecular weight is 344 g/mol. The van der Waals surface area contributed by atoms with Crippen molar-refractivity contribution in [2.45, 2.75) is 44.6 Å². The summed E-state index contributed by atoms with van der Waals surface area (Å²) in [6, 6.07) is 0. The Labute approximate surface area is 125 Å². The molecule has 2 aromatic heterocycles. The second-order valence-corrected chi connectivity index (χ2v) is 5.99. The van der Waals surface area contributed by atoms with Crippen molar-refractivity contribution < 1.29 is 0 Å². The predicted octanol–water partition coefficient (Wildman–Crippen LogP) is 2.96. The van der Waals surface area contributed by atoms with Crippen molar-refractivity contribution in [2.24, 2.45) is 7.05 Å². The largest absolute Gasteiger partial charge is 0.309 e. The van der Waals surface area contributed by atoms with E-state index in [1.54, 1.807) is 11.8 Å². The summed E-state index contributed by atoms with van der Waals surface area (Å²) in [5, 5.41) is 13.8. The molecule has 2 rings (SSSR count). The fourth-order valence-corrected chi connectivity index (χ4v) is 3.68. The number of rotatable bonds is 5. The molecule has 0 saturated carbocycles. The van der Waals surface area contributed by atoms with Gasteiger partial charge in [0.05, 0.1) is 15.9 Å². The van der Waals surface area contributed by atoms with E-state index < -0.39 is 0 Å². The van der Waals surface area contributed by atoms with Crippen LogP contribution >= 0.6 is 27.7 Å². The van der Waals surface area contributed by atoms with Gasteiger partial charge in [0.1, 0.15) is 5.82 Å². The van der Waals surface area contributed by atoms with Crippen molar-refractivity contribution in [2.75, 3.05) is 0 Å². The van der Waals surface area contributed by atoms with Gasteiger partial charge in [-0.05, 0) is 36.2 Å². The molecule has 7 heteroatoms. The molecule has 0 unspecified atom stereocenters. The fourth-order valence-electron chi connectivity index (χ4n) is 1.80. The van der Waals surface area contributed by atoms with Crippen molar-refractivity contribution in [3.63, 3.8) is 0 Å². The van der Waals surface area contributed by atoms with Crippen molar-refractivity contribution >= 4 is 27.7 Å². The fraction of sp³-hybridized carbons (Fsp3) is 0.583. The Hall–Kier alpha value is -0.820. The van der Waals surface area contributed by atoms with Crippen molar-refractivity contribution in [3.05, 3.63) is 21.7 Å². The molecule has 0 bridgehead atoms. The summed E-state index contributed by atoms with van der Waals surface area (Å²) in [7, 11) is 1.99. The van der Waals surface area contributed by atoms with Crippen molar-refractivity contribution in [3.8, 4) is 0 Å². The highest BCUT2D eigenvalue weighted by atomic mass is 79.9. The third-order valence-corrected chi connectivity index (χ3v) is 5.03. The minimum absolute atomic E-state index is 0.841. The molecule has 104 valence electrons. The van der Waals surface area contributed by atoms with E-state index in [0.29, 0.717) is 0 Å². The zero-order valence-corrected chi connectivity index (χ0v) is 14.0. The summed E-state index contributed by atoms with van der Waals surface area (Å²) < 4.78 is 5.19. The Morgan fingerprint density at radius 2 is 2.00 bits per heavy atom. The molecule has 0 atom stereocenters. The molecule has 19 heavy (non-hydrogen) atoms. The van der Waals surface area contributed by atoms with Gasteiger partial charge >= 0.3 is 0 Å². The lowest BCUT2D eigenvalue weighted by Gasteiger charge is -2.05. The molecule has 2 aromatic rings. The molecular formula is C12H18BrN5S. The molecule has 0 N–H and O–H groups in total. The maximum absolute atomic E-state index is 4.60. The maximum atomic E-state index is 4.60. The molecule has 0 spiro atoms. The van der Waals surface area contributed by atoms with E-state index in [-0.39, 0.29) is 0 Å². The maximum Gasteiger partial charge on any atom is 0.191 e. The number of thioether (sulfide) groups is 1. The van der Waals surface area contributed by atoms with Crippen LogP contribution in [0.4, 0.5) is 0 Å². The number of aromatic nitrogens is 5. The Balaban J connectivity index is 2.19. The van der Waals surface area contributed by atoms with E-state index in [4.69, 9.17) is 0 Å². The van der Waals surface area contributed by atoms with Crippen LogP contribution in [0.5, 0.6) is 0 Å². The Morgan fingerprint density at radius 3 is 2.53 bits per heavy atom. The molecule has 0 fully saturated rings. The summed E-state index contributed by atoms with van der Waals surface area (Å²) in [4.78, 5) is 0. The number of halogens is 1. The first-order valence-corrected chi connectivity index (χ1v) is 8.09. The number of hydrogen-bond acceptors (Lipinski definition) is 4. The quantitative estimate of drug-likeness (QED) is 0.783. The van der Waals surface area contributed by atoms with E-state index in [0.717, 1.165) is 39.9 Å². The Morgan fingerprint density at radius 1 is 1.26 bits per heavy atom. The summed E-state index contributed by atoms with van der Waals surface area (Å²) in [5.74, 6) is 1.77. The highest BCUT2D eigenvalue weighted by molar-refractivity contribution is 9.10. The molecule has 0 aliphatic heterocycles. The van der Waals surface area contributed by atoms with E-state index in [1.165, 1.54) is 5.69 Å². The second-order valence-electron chi connectivity index (χ2n) is 4.25. The van der Waals surface area contributed by atoms with Crippen LogP contribution in [0.1, 0.15) is 31.1 Å². The van der Waals surface area contributed by atoms with Gasteiger partial charge in [0, 0.05) is 19.3 Å². The smallest absolute Gasteiger partial charge is 0.191 e. The van der Waals surface area contributed by atoms with Crippen molar-refractivity contribution in [1.82, 2.24) is 24.5 Å². The monoisotopic (exact) mass is 343 g/mol. The van der Waals surface area contributed by atoms with Gasteiger partial charge in [-0.25, -0.2) is 0 Å². The minimum atomic E-state index is 0.841. The number of nitrogens with zero attached hydrogens (tertiary/aromatic N) is 5. The van der Waals surface area contributed by atoms with Crippen LogP contribution in [0, 0.1) is 6.92 Å². The standard InChI is InChI=1S/C12H18BrN5S/c1-5-9-11(13)10(18(6-2)16-9)7-19-12-15-14-8(3)17(12)4/h5-7H2,1-4H3. The van der Waals surface area contributed by atoms with Crippen LogP contribution in [0.25, 0.3) is 0 Å². The van der Waals surface area contributed by atoms with Crippen LogP contribution in [-0.2, 0) is 25.8 Å². The SMILES string of the molecule is CCc1nn(CC)c(CSc2nnc(C)n2C)c1Br. The molecule has 0 aliphatic rings. The lowest BCUT2D eigenvalue weighted by Crippen LogP contribution is -2.02. The third kappa shape index (κ3) is 2.86. The highest BCUT2D eigenvalue weighted by Crippen LogP contribution is 2.28. The lowest BCUT2D eigenvalue weighted by molar-refractivity contribution is 0.627. The van der Waals surface area contributed by atoms with Gasteiger partial charge in [-0.2, -0.15) is 5.10 Å². The van der Waals surface area contributed by atoms with Crippen LogP contribution < -0.4 is 0 Å². The molecule has 2 heterocycles. The third-order valence-electron chi connectivity index (χ3n) is 3.08. The van der Waals surface area contributed by atoms with E-state index in [9.17, 15) is 0 Å². The molecule has 0 amide bonds. The van der Waals surface area contributed by atoms with Gasteiger partial charge in [-0.15, -0.1) is 10.2 Å².